The molecule has 0 radical (unpaired) electrons. The normalized spacial score (nSPS) is 16.2. The van der Waals surface area contributed by atoms with Crippen LogP contribution in [0.15, 0.2) is 54.7 Å². The van der Waals surface area contributed by atoms with Crippen molar-refractivity contribution in [3.05, 3.63) is 70.9 Å². The molecule has 0 saturated carbocycles. The average molecular weight is 368 g/mol. The molecule has 1 N–H and O–H groups in total. The van der Waals surface area contributed by atoms with Gasteiger partial charge in [-0.2, -0.15) is 0 Å². The molecule has 1 aliphatic rings. The van der Waals surface area contributed by atoms with Crippen LogP contribution in [0.3, 0.4) is 0 Å². The summed E-state index contributed by atoms with van der Waals surface area (Å²) < 4.78 is 0. The van der Waals surface area contributed by atoms with Crippen LogP contribution in [0.1, 0.15) is 17.5 Å². The summed E-state index contributed by atoms with van der Waals surface area (Å²) in [5.41, 5.74) is 3.45. The Morgan fingerprint density at radius 3 is 2.62 bits per heavy atom. The van der Waals surface area contributed by atoms with Gasteiger partial charge in [-0.1, -0.05) is 48.0 Å². The van der Waals surface area contributed by atoms with E-state index in [2.05, 4.69) is 34.3 Å². The van der Waals surface area contributed by atoms with Gasteiger partial charge in [-0.3, -0.25) is 9.69 Å². The Hall–Kier alpha value is -2.30. The number of rotatable bonds is 4. The van der Waals surface area contributed by atoms with Gasteiger partial charge in [0.2, 0.25) is 5.91 Å². The molecule has 1 saturated heterocycles. The lowest BCUT2D eigenvalue weighted by molar-refractivity contribution is -0.130. The first-order chi connectivity index (χ1) is 12.7. The number of hydrogen-bond acceptors (Lipinski definition) is 2. The molecule has 1 aliphatic heterocycles. The second-order valence-electron chi connectivity index (χ2n) is 6.79. The van der Waals surface area contributed by atoms with Gasteiger partial charge in [-0.05, 0) is 23.3 Å². The highest BCUT2D eigenvalue weighted by Gasteiger charge is 2.22. The molecule has 2 aromatic carbocycles. The van der Waals surface area contributed by atoms with Crippen LogP contribution in [0.4, 0.5) is 0 Å². The molecule has 1 fully saturated rings. The van der Waals surface area contributed by atoms with E-state index in [4.69, 9.17) is 11.6 Å². The van der Waals surface area contributed by atoms with Crippen molar-refractivity contribution in [2.24, 2.45) is 0 Å². The SMILES string of the molecule is O=C1CCN(Cc2c[nH]c3ccccc23)CCN1Cc1ccccc1Cl. The molecule has 3 aromatic rings. The van der Waals surface area contributed by atoms with Gasteiger partial charge in [0.05, 0.1) is 0 Å². The van der Waals surface area contributed by atoms with Crippen LogP contribution in [0.25, 0.3) is 10.9 Å². The van der Waals surface area contributed by atoms with E-state index in [-0.39, 0.29) is 5.91 Å². The number of carbonyl (C=O) groups excluding carboxylic acids is 1. The zero-order valence-corrected chi connectivity index (χ0v) is 15.4. The van der Waals surface area contributed by atoms with Gasteiger partial charge in [0.25, 0.3) is 0 Å². The van der Waals surface area contributed by atoms with E-state index in [9.17, 15) is 4.79 Å². The van der Waals surface area contributed by atoms with Gasteiger partial charge in [-0.15, -0.1) is 0 Å². The summed E-state index contributed by atoms with van der Waals surface area (Å²) in [4.78, 5) is 20.2. The van der Waals surface area contributed by atoms with Crippen molar-refractivity contribution in [3.63, 3.8) is 0 Å². The van der Waals surface area contributed by atoms with Crippen molar-refractivity contribution in [2.75, 3.05) is 19.6 Å². The molecule has 1 amide bonds. The molecule has 2 heterocycles. The monoisotopic (exact) mass is 367 g/mol. The molecule has 0 aliphatic carbocycles. The number of aromatic amines is 1. The Morgan fingerprint density at radius 2 is 1.73 bits per heavy atom. The third-order valence-corrected chi connectivity index (χ3v) is 5.44. The number of amides is 1. The highest BCUT2D eigenvalue weighted by atomic mass is 35.5. The molecule has 5 heteroatoms. The van der Waals surface area contributed by atoms with Crippen LogP contribution >= 0.6 is 11.6 Å². The first-order valence-corrected chi connectivity index (χ1v) is 9.37. The Labute approximate surface area is 158 Å². The molecule has 1 aromatic heterocycles. The van der Waals surface area contributed by atoms with E-state index < -0.39 is 0 Å². The van der Waals surface area contributed by atoms with E-state index in [0.717, 1.165) is 42.3 Å². The maximum Gasteiger partial charge on any atom is 0.224 e. The quantitative estimate of drug-likeness (QED) is 0.755. The van der Waals surface area contributed by atoms with E-state index in [1.807, 2.05) is 35.2 Å². The van der Waals surface area contributed by atoms with Crippen LogP contribution in [0.2, 0.25) is 5.02 Å². The lowest BCUT2D eigenvalue weighted by Gasteiger charge is -2.22. The van der Waals surface area contributed by atoms with E-state index >= 15 is 0 Å². The lowest BCUT2D eigenvalue weighted by atomic mass is 10.1. The summed E-state index contributed by atoms with van der Waals surface area (Å²) in [7, 11) is 0. The van der Waals surface area contributed by atoms with Crippen molar-refractivity contribution in [3.8, 4) is 0 Å². The van der Waals surface area contributed by atoms with E-state index in [0.29, 0.717) is 13.0 Å². The van der Waals surface area contributed by atoms with E-state index in [1.165, 1.54) is 10.9 Å². The van der Waals surface area contributed by atoms with Crippen LogP contribution < -0.4 is 0 Å². The largest absolute Gasteiger partial charge is 0.361 e. The molecule has 0 bridgehead atoms. The predicted molar refractivity (Wildman–Crippen MR) is 105 cm³/mol. The second-order valence-corrected chi connectivity index (χ2v) is 7.20. The molecular weight excluding hydrogens is 346 g/mol. The first kappa shape index (κ1) is 17.1. The summed E-state index contributed by atoms with van der Waals surface area (Å²) >= 11 is 6.26. The van der Waals surface area contributed by atoms with Crippen molar-refractivity contribution in [2.45, 2.75) is 19.5 Å². The molecular formula is C21H22ClN3O. The van der Waals surface area contributed by atoms with Gasteiger partial charge in [0.15, 0.2) is 0 Å². The van der Waals surface area contributed by atoms with Gasteiger partial charge in [0.1, 0.15) is 0 Å². The molecule has 134 valence electrons. The topological polar surface area (TPSA) is 39.3 Å². The summed E-state index contributed by atoms with van der Waals surface area (Å²) in [5.74, 6) is 0.200. The summed E-state index contributed by atoms with van der Waals surface area (Å²) in [6.45, 7) is 3.83. The number of para-hydroxylation sites is 1. The predicted octanol–water partition coefficient (Wildman–Crippen LogP) is 4.06. The highest BCUT2D eigenvalue weighted by molar-refractivity contribution is 6.31. The highest BCUT2D eigenvalue weighted by Crippen LogP contribution is 2.21. The second kappa shape index (κ2) is 7.52. The minimum absolute atomic E-state index is 0.200. The average Bonchev–Trinajstić information content (AvgIpc) is 2.98. The Bertz CT molecular complexity index is 920. The Balaban J connectivity index is 1.44. The number of hydrogen-bond donors (Lipinski definition) is 1. The number of fused-ring (bicyclic) bond motifs is 1. The van der Waals surface area contributed by atoms with Gasteiger partial charge >= 0.3 is 0 Å². The third-order valence-electron chi connectivity index (χ3n) is 5.07. The van der Waals surface area contributed by atoms with Crippen LogP contribution in [-0.2, 0) is 17.9 Å². The maximum absolute atomic E-state index is 12.5. The summed E-state index contributed by atoms with van der Waals surface area (Å²) in [6.07, 6.45) is 2.63. The van der Waals surface area contributed by atoms with Crippen molar-refractivity contribution >= 4 is 28.4 Å². The number of carbonyl (C=O) groups is 1. The van der Waals surface area contributed by atoms with Crippen molar-refractivity contribution in [1.82, 2.24) is 14.8 Å². The zero-order chi connectivity index (χ0) is 17.9. The number of H-pyrrole nitrogens is 1. The zero-order valence-electron chi connectivity index (χ0n) is 14.6. The minimum atomic E-state index is 0.200. The van der Waals surface area contributed by atoms with Crippen LogP contribution in [0, 0.1) is 0 Å². The Kier molecular flexibility index (Phi) is 4.96. The molecule has 0 spiro atoms. The number of aromatic nitrogens is 1. The van der Waals surface area contributed by atoms with Crippen molar-refractivity contribution < 1.29 is 4.79 Å². The summed E-state index contributed by atoms with van der Waals surface area (Å²) in [6, 6.07) is 16.1. The maximum atomic E-state index is 12.5. The van der Waals surface area contributed by atoms with Crippen LogP contribution in [0.5, 0.6) is 0 Å². The van der Waals surface area contributed by atoms with Crippen molar-refractivity contribution in [1.29, 1.82) is 0 Å². The molecule has 4 nitrogen and oxygen atoms in total. The van der Waals surface area contributed by atoms with Gasteiger partial charge in [0, 0.05) is 61.3 Å². The number of nitrogens with one attached hydrogen (secondary N) is 1. The molecule has 4 rings (SSSR count). The molecule has 26 heavy (non-hydrogen) atoms. The summed E-state index contributed by atoms with van der Waals surface area (Å²) in [5, 5.41) is 1.98. The fraction of sp³-hybridized carbons (Fsp3) is 0.286. The van der Waals surface area contributed by atoms with Gasteiger partial charge in [-0.25, -0.2) is 0 Å². The van der Waals surface area contributed by atoms with E-state index in [1.54, 1.807) is 0 Å². The Morgan fingerprint density at radius 1 is 0.923 bits per heavy atom. The van der Waals surface area contributed by atoms with Gasteiger partial charge < -0.3 is 9.88 Å². The number of nitrogens with zero attached hydrogens (tertiary/aromatic N) is 2. The number of benzene rings is 2. The molecule has 0 atom stereocenters. The first-order valence-electron chi connectivity index (χ1n) is 8.99. The minimum Gasteiger partial charge on any atom is -0.361 e. The number of halogens is 1. The lowest BCUT2D eigenvalue weighted by Crippen LogP contribution is -2.32. The molecule has 0 unspecified atom stereocenters. The fourth-order valence-electron chi connectivity index (χ4n) is 3.57. The van der Waals surface area contributed by atoms with Crippen LogP contribution in [-0.4, -0.2) is 40.3 Å². The fourth-order valence-corrected chi connectivity index (χ4v) is 3.77. The third kappa shape index (κ3) is 3.62. The smallest absolute Gasteiger partial charge is 0.224 e. The standard InChI is InChI=1S/C21H22ClN3O/c22-19-7-3-1-5-16(19)15-25-12-11-24(10-9-21(25)26)14-17-13-23-20-8-4-2-6-18(17)20/h1-8,13,23H,9-12,14-15H2.